The highest BCUT2D eigenvalue weighted by Gasteiger charge is 2.30. The predicted molar refractivity (Wildman–Crippen MR) is 72.3 cm³/mol. The molecule has 0 fully saturated rings. The summed E-state index contributed by atoms with van der Waals surface area (Å²) in [6.07, 6.45) is 0.542. The van der Waals surface area contributed by atoms with Crippen LogP contribution in [0.5, 0.6) is 0 Å². The number of halogens is 3. The minimum absolute atomic E-state index is 0.441. The Bertz CT molecular complexity index is 560. The maximum Gasteiger partial charge on any atom is 0.416 e. The summed E-state index contributed by atoms with van der Waals surface area (Å²) >= 11 is 0. The van der Waals surface area contributed by atoms with Crippen molar-refractivity contribution in [3.63, 3.8) is 0 Å². The summed E-state index contributed by atoms with van der Waals surface area (Å²) < 4.78 is 37.8. The van der Waals surface area contributed by atoms with Gasteiger partial charge in [-0.2, -0.15) is 13.2 Å². The van der Waals surface area contributed by atoms with E-state index in [4.69, 9.17) is 5.73 Å². The number of alkyl halides is 3. The van der Waals surface area contributed by atoms with Crippen LogP contribution in [0.2, 0.25) is 0 Å². The van der Waals surface area contributed by atoms with Crippen molar-refractivity contribution < 1.29 is 13.2 Å². The molecule has 3 nitrogen and oxygen atoms in total. The number of rotatable bonds is 6. The number of nitrogens with one attached hydrogen (secondary N) is 1. The monoisotopic (exact) mass is 285 g/mol. The second-order valence-electron chi connectivity index (χ2n) is 4.87. The van der Waals surface area contributed by atoms with Crippen molar-refractivity contribution in [3.8, 4) is 0 Å². The fraction of sp³-hybridized carbons (Fsp3) is 0.500. The van der Waals surface area contributed by atoms with Crippen LogP contribution >= 0.6 is 0 Å². The van der Waals surface area contributed by atoms with E-state index in [2.05, 4.69) is 9.97 Å². The van der Waals surface area contributed by atoms with Crippen LogP contribution in [0.25, 0.3) is 11.0 Å². The van der Waals surface area contributed by atoms with Gasteiger partial charge in [0.15, 0.2) is 0 Å². The number of hydrogen-bond donors (Lipinski definition) is 2. The maximum atomic E-state index is 12.6. The van der Waals surface area contributed by atoms with Gasteiger partial charge < -0.3 is 10.7 Å². The van der Waals surface area contributed by atoms with Gasteiger partial charge in [0, 0.05) is 6.42 Å². The molecule has 0 unspecified atom stereocenters. The SMILES string of the molecule is NCCCCCCc1nc2ccc(C(F)(F)F)cc2[nH]1. The number of nitrogens with zero attached hydrogens (tertiary/aromatic N) is 1. The Balaban J connectivity index is 2.02. The van der Waals surface area contributed by atoms with Gasteiger partial charge in [0.05, 0.1) is 16.6 Å². The van der Waals surface area contributed by atoms with Crippen LogP contribution in [-0.2, 0) is 12.6 Å². The van der Waals surface area contributed by atoms with Crippen LogP contribution in [0.1, 0.15) is 37.1 Å². The van der Waals surface area contributed by atoms with Gasteiger partial charge in [-0.3, -0.25) is 0 Å². The molecule has 6 heteroatoms. The number of H-pyrrole nitrogens is 1. The zero-order valence-electron chi connectivity index (χ0n) is 11.1. The molecule has 2 aromatic rings. The van der Waals surface area contributed by atoms with Crippen molar-refractivity contribution in [2.45, 2.75) is 38.3 Å². The largest absolute Gasteiger partial charge is 0.416 e. The molecule has 0 bridgehead atoms. The number of unbranched alkanes of at least 4 members (excludes halogenated alkanes) is 3. The smallest absolute Gasteiger partial charge is 0.342 e. The molecule has 0 aliphatic carbocycles. The summed E-state index contributed by atoms with van der Waals surface area (Å²) in [4.78, 5) is 7.27. The van der Waals surface area contributed by atoms with E-state index in [1.807, 2.05) is 0 Å². The quantitative estimate of drug-likeness (QED) is 0.796. The molecule has 20 heavy (non-hydrogen) atoms. The molecule has 0 radical (unpaired) electrons. The van der Waals surface area contributed by atoms with Crippen LogP contribution < -0.4 is 5.73 Å². The molecule has 0 aliphatic heterocycles. The normalized spacial score (nSPS) is 12.2. The Labute approximate surface area is 115 Å². The molecule has 0 spiro atoms. The van der Waals surface area contributed by atoms with E-state index in [9.17, 15) is 13.2 Å². The van der Waals surface area contributed by atoms with Crippen LogP contribution in [0.15, 0.2) is 18.2 Å². The van der Waals surface area contributed by atoms with Crippen LogP contribution in [0, 0.1) is 0 Å². The van der Waals surface area contributed by atoms with Gasteiger partial charge in [-0.05, 0) is 37.6 Å². The molecule has 110 valence electrons. The van der Waals surface area contributed by atoms with Gasteiger partial charge in [-0.25, -0.2) is 4.98 Å². The van der Waals surface area contributed by atoms with E-state index in [1.165, 1.54) is 6.07 Å². The fourth-order valence-electron chi connectivity index (χ4n) is 2.15. The summed E-state index contributed by atoms with van der Waals surface area (Å²) in [6, 6.07) is 3.58. The van der Waals surface area contributed by atoms with Gasteiger partial charge in [0.1, 0.15) is 5.82 Å². The summed E-state index contributed by atoms with van der Waals surface area (Å²) in [5.74, 6) is 0.743. The number of imidazole rings is 1. The first-order chi connectivity index (χ1) is 9.50. The highest BCUT2D eigenvalue weighted by Crippen LogP contribution is 2.30. The molecule has 0 saturated heterocycles. The minimum atomic E-state index is -4.32. The number of fused-ring (bicyclic) bond motifs is 1. The van der Waals surface area contributed by atoms with E-state index in [0.29, 0.717) is 17.6 Å². The Morgan fingerprint density at radius 2 is 1.85 bits per heavy atom. The lowest BCUT2D eigenvalue weighted by Crippen LogP contribution is -2.04. The lowest BCUT2D eigenvalue weighted by atomic mass is 10.1. The Kier molecular flexibility index (Phi) is 4.65. The van der Waals surface area contributed by atoms with Gasteiger partial charge in [0.25, 0.3) is 0 Å². The Hall–Kier alpha value is -1.56. The maximum absolute atomic E-state index is 12.6. The zero-order valence-corrected chi connectivity index (χ0v) is 11.1. The van der Waals surface area contributed by atoms with Crippen molar-refractivity contribution in [3.05, 3.63) is 29.6 Å². The van der Waals surface area contributed by atoms with E-state index in [1.54, 1.807) is 0 Å². The van der Waals surface area contributed by atoms with Crippen LogP contribution in [0.4, 0.5) is 13.2 Å². The van der Waals surface area contributed by atoms with Crippen molar-refractivity contribution >= 4 is 11.0 Å². The number of aryl methyl sites for hydroxylation is 1. The van der Waals surface area contributed by atoms with Gasteiger partial charge in [-0.1, -0.05) is 12.8 Å². The Morgan fingerprint density at radius 3 is 2.55 bits per heavy atom. The number of benzene rings is 1. The van der Waals surface area contributed by atoms with E-state index < -0.39 is 11.7 Å². The summed E-state index contributed by atoms with van der Waals surface area (Å²) in [6.45, 7) is 0.699. The summed E-state index contributed by atoms with van der Waals surface area (Å²) in [7, 11) is 0. The number of nitrogens with two attached hydrogens (primary N) is 1. The zero-order chi connectivity index (χ0) is 14.6. The number of aromatic nitrogens is 2. The third-order valence-electron chi connectivity index (χ3n) is 3.23. The average Bonchev–Trinajstić information content (AvgIpc) is 2.79. The van der Waals surface area contributed by atoms with E-state index >= 15 is 0 Å². The van der Waals surface area contributed by atoms with E-state index in [-0.39, 0.29) is 0 Å². The topological polar surface area (TPSA) is 54.7 Å². The highest BCUT2D eigenvalue weighted by atomic mass is 19.4. The summed E-state index contributed by atoms with van der Waals surface area (Å²) in [5.41, 5.74) is 5.78. The first kappa shape index (κ1) is 14.8. The molecule has 0 amide bonds. The first-order valence-corrected chi connectivity index (χ1v) is 6.76. The van der Waals surface area contributed by atoms with Crippen molar-refractivity contribution in [1.82, 2.24) is 9.97 Å². The molecular formula is C14H18F3N3. The van der Waals surface area contributed by atoms with Gasteiger partial charge in [-0.15, -0.1) is 0 Å². The van der Waals surface area contributed by atoms with Crippen LogP contribution in [-0.4, -0.2) is 16.5 Å². The van der Waals surface area contributed by atoms with Crippen molar-refractivity contribution in [1.29, 1.82) is 0 Å². The minimum Gasteiger partial charge on any atom is -0.342 e. The van der Waals surface area contributed by atoms with Crippen LogP contribution in [0.3, 0.4) is 0 Å². The van der Waals surface area contributed by atoms with E-state index in [0.717, 1.165) is 50.1 Å². The third kappa shape index (κ3) is 3.72. The van der Waals surface area contributed by atoms with Crippen molar-refractivity contribution in [2.24, 2.45) is 5.73 Å². The molecule has 2 rings (SSSR count). The molecule has 3 N–H and O–H groups in total. The Morgan fingerprint density at radius 1 is 1.10 bits per heavy atom. The fourth-order valence-corrected chi connectivity index (χ4v) is 2.15. The molecule has 1 aromatic carbocycles. The van der Waals surface area contributed by atoms with Gasteiger partial charge >= 0.3 is 6.18 Å². The first-order valence-electron chi connectivity index (χ1n) is 6.76. The molecular weight excluding hydrogens is 267 g/mol. The number of hydrogen-bond acceptors (Lipinski definition) is 2. The average molecular weight is 285 g/mol. The lowest BCUT2D eigenvalue weighted by Gasteiger charge is -2.05. The molecule has 1 aromatic heterocycles. The molecule has 0 saturated carbocycles. The third-order valence-corrected chi connectivity index (χ3v) is 3.23. The standard InChI is InChI=1S/C14H18F3N3/c15-14(16,17)10-6-7-11-12(9-10)20-13(19-11)5-3-1-2-4-8-18/h6-7,9H,1-5,8,18H2,(H,19,20). The second-order valence-corrected chi connectivity index (χ2v) is 4.87. The second kappa shape index (κ2) is 6.26. The highest BCUT2D eigenvalue weighted by molar-refractivity contribution is 5.76. The lowest BCUT2D eigenvalue weighted by molar-refractivity contribution is -0.137. The molecule has 0 aliphatic rings. The van der Waals surface area contributed by atoms with Crippen molar-refractivity contribution in [2.75, 3.05) is 6.54 Å². The predicted octanol–water partition coefficient (Wildman–Crippen LogP) is 3.64. The number of aromatic amines is 1. The summed E-state index contributed by atoms with van der Waals surface area (Å²) in [5, 5.41) is 0. The molecule has 0 atom stereocenters. The molecule has 1 heterocycles. The van der Waals surface area contributed by atoms with Gasteiger partial charge in [0.2, 0.25) is 0 Å².